The monoisotopic (exact) mass is 418 g/mol. The number of carboxylic acids is 1. The number of rotatable bonds is 14. The number of unbranched alkanes of at least 4 members (excludes halogenated alkanes) is 6. The van der Waals surface area contributed by atoms with Gasteiger partial charge in [0, 0.05) is 6.42 Å². The van der Waals surface area contributed by atoms with Crippen LogP contribution >= 0.6 is 0 Å². The number of aliphatic carboxylic acids is 1. The number of carboxylic acid groups (broad SMARTS) is 1. The molecule has 0 saturated carbocycles. The SMILES string of the molecule is C=COC(=O)C(CCCCCCCCCC(=O)O)C1O[C@H](CO)[C@@H](O)[C@H](O)[C@H]1O. The molecule has 0 aliphatic carbocycles. The maximum atomic E-state index is 12.3. The number of aliphatic hydroxyl groups excluding tert-OH is 4. The van der Waals surface area contributed by atoms with Gasteiger partial charge in [-0.3, -0.25) is 9.59 Å². The zero-order chi connectivity index (χ0) is 21.8. The molecule has 9 heteroatoms. The second-order valence-electron chi connectivity index (χ2n) is 7.41. The summed E-state index contributed by atoms with van der Waals surface area (Å²) in [5.74, 6) is -2.32. The van der Waals surface area contributed by atoms with Crippen LogP contribution in [0.4, 0.5) is 0 Å². The zero-order valence-corrected chi connectivity index (χ0v) is 16.7. The molecule has 1 fully saturated rings. The highest BCUT2D eigenvalue weighted by molar-refractivity contribution is 5.73. The maximum Gasteiger partial charge on any atom is 0.316 e. The zero-order valence-electron chi connectivity index (χ0n) is 16.7. The van der Waals surface area contributed by atoms with E-state index in [1.807, 2.05) is 0 Å². The highest BCUT2D eigenvalue weighted by atomic mass is 16.6. The summed E-state index contributed by atoms with van der Waals surface area (Å²) in [4.78, 5) is 22.8. The Labute approximate surface area is 170 Å². The van der Waals surface area contributed by atoms with Gasteiger partial charge in [-0.1, -0.05) is 45.1 Å². The highest BCUT2D eigenvalue weighted by Crippen LogP contribution is 2.30. The van der Waals surface area contributed by atoms with Gasteiger partial charge >= 0.3 is 11.9 Å². The van der Waals surface area contributed by atoms with Crippen molar-refractivity contribution in [3.8, 4) is 0 Å². The number of esters is 1. The molecule has 1 aliphatic heterocycles. The van der Waals surface area contributed by atoms with Gasteiger partial charge in [0.2, 0.25) is 0 Å². The normalized spacial score (nSPS) is 27.9. The Morgan fingerprint density at radius 3 is 2.10 bits per heavy atom. The predicted molar refractivity (Wildman–Crippen MR) is 103 cm³/mol. The van der Waals surface area contributed by atoms with Crippen molar-refractivity contribution in [2.45, 2.75) is 88.3 Å². The van der Waals surface area contributed by atoms with Gasteiger partial charge < -0.3 is 35.0 Å². The number of aliphatic hydroxyl groups is 4. The molecule has 0 aromatic rings. The van der Waals surface area contributed by atoms with Gasteiger partial charge in [0.05, 0.1) is 24.9 Å². The van der Waals surface area contributed by atoms with Crippen molar-refractivity contribution in [1.29, 1.82) is 0 Å². The molecule has 5 N–H and O–H groups in total. The fraction of sp³-hybridized carbons (Fsp3) is 0.800. The lowest BCUT2D eigenvalue weighted by atomic mass is 9.85. The Bertz CT molecular complexity index is 508. The third-order valence-corrected chi connectivity index (χ3v) is 5.23. The summed E-state index contributed by atoms with van der Waals surface area (Å²) >= 11 is 0. The largest absolute Gasteiger partial charge is 0.481 e. The summed E-state index contributed by atoms with van der Waals surface area (Å²) in [7, 11) is 0. The van der Waals surface area contributed by atoms with Crippen LogP contribution in [0.2, 0.25) is 0 Å². The quantitative estimate of drug-likeness (QED) is 0.156. The molecule has 1 heterocycles. The molecule has 0 amide bonds. The Kier molecular flexibility index (Phi) is 12.0. The van der Waals surface area contributed by atoms with Crippen molar-refractivity contribution in [2.24, 2.45) is 5.92 Å². The van der Waals surface area contributed by atoms with Gasteiger partial charge in [0.1, 0.15) is 24.4 Å². The highest BCUT2D eigenvalue weighted by Gasteiger charge is 2.48. The summed E-state index contributed by atoms with van der Waals surface area (Å²) < 4.78 is 10.4. The average Bonchev–Trinajstić information content (AvgIpc) is 2.68. The molecule has 168 valence electrons. The molecule has 29 heavy (non-hydrogen) atoms. The minimum atomic E-state index is -1.55. The molecule has 1 saturated heterocycles. The third-order valence-electron chi connectivity index (χ3n) is 5.23. The van der Waals surface area contributed by atoms with Crippen molar-refractivity contribution in [3.05, 3.63) is 12.8 Å². The number of hydrogen-bond donors (Lipinski definition) is 5. The van der Waals surface area contributed by atoms with E-state index < -0.39 is 55.0 Å². The van der Waals surface area contributed by atoms with Crippen LogP contribution in [0.1, 0.15) is 57.8 Å². The first-order valence-corrected chi connectivity index (χ1v) is 10.2. The van der Waals surface area contributed by atoms with Gasteiger partial charge in [-0.05, 0) is 12.8 Å². The lowest BCUT2D eigenvalue weighted by molar-refractivity contribution is -0.242. The lowest BCUT2D eigenvalue weighted by Gasteiger charge is -2.42. The third kappa shape index (κ3) is 8.39. The number of carbonyl (C=O) groups excluding carboxylic acids is 1. The van der Waals surface area contributed by atoms with E-state index in [0.29, 0.717) is 19.3 Å². The Morgan fingerprint density at radius 2 is 1.55 bits per heavy atom. The summed E-state index contributed by atoms with van der Waals surface area (Å²) in [5, 5.41) is 48.1. The molecule has 9 nitrogen and oxygen atoms in total. The molecule has 0 bridgehead atoms. The second-order valence-corrected chi connectivity index (χ2v) is 7.41. The maximum absolute atomic E-state index is 12.3. The molecule has 1 rings (SSSR count). The summed E-state index contributed by atoms with van der Waals surface area (Å²) in [5.41, 5.74) is 0. The first-order valence-electron chi connectivity index (χ1n) is 10.2. The molecule has 2 unspecified atom stereocenters. The van der Waals surface area contributed by atoms with E-state index >= 15 is 0 Å². The fourth-order valence-corrected chi connectivity index (χ4v) is 3.57. The van der Waals surface area contributed by atoms with Crippen LogP contribution in [0.25, 0.3) is 0 Å². The smallest absolute Gasteiger partial charge is 0.316 e. The van der Waals surface area contributed by atoms with Gasteiger partial charge in [0.15, 0.2) is 0 Å². The van der Waals surface area contributed by atoms with Crippen molar-refractivity contribution in [2.75, 3.05) is 6.61 Å². The van der Waals surface area contributed by atoms with Crippen LogP contribution in [0.5, 0.6) is 0 Å². The first-order chi connectivity index (χ1) is 13.8. The Balaban J connectivity index is 2.51. The van der Waals surface area contributed by atoms with Crippen LogP contribution in [0.3, 0.4) is 0 Å². The van der Waals surface area contributed by atoms with E-state index in [2.05, 4.69) is 6.58 Å². The predicted octanol–water partition coefficient (Wildman–Crippen LogP) is 0.727. The number of carbonyl (C=O) groups is 2. The van der Waals surface area contributed by atoms with Gasteiger partial charge in [0.25, 0.3) is 0 Å². The Morgan fingerprint density at radius 1 is 0.966 bits per heavy atom. The van der Waals surface area contributed by atoms with Crippen LogP contribution in [-0.2, 0) is 19.1 Å². The molecule has 0 radical (unpaired) electrons. The molecule has 1 aliphatic rings. The lowest BCUT2D eigenvalue weighted by Crippen LogP contribution is -2.61. The summed E-state index contributed by atoms with van der Waals surface area (Å²) in [6.07, 6.45) is 0.634. The van der Waals surface area contributed by atoms with Crippen molar-refractivity contribution >= 4 is 11.9 Å². The number of ether oxygens (including phenoxy) is 2. The summed E-state index contributed by atoms with van der Waals surface area (Å²) in [6.45, 7) is 2.79. The van der Waals surface area contributed by atoms with Crippen LogP contribution in [0.15, 0.2) is 12.8 Å². The molecule has 0 aromatic carbocycles. The minimum absolute atomic E-state index is 0.187. The van der Waals surface area contributed by atoms with E-state index in [1.165, 1.54) is 0 Å². The van der Waals surface area contributed by atoms with Crippen molar-refractivity contribution < 1.29 is 44.6 Å². The molecular formula is C20H34O9. The molecule has 0 aromatic heterocycles. The molecule has 0 spiro atoms. The van der Waals surface area contributed by atoms with E-state index in [-0.39, 0.29) is 6.42 Å². The fourth-order valence-electron chi connectivity index (χ4n) is 3.57. The minimum Gasteiger partial charge on any atom is -0.481 e. The second kappa shape index (κ2) is 13.7. The Hall–Kier alpha value is -1.52. The first kappa shape index (κ1) is 25.5. The van der Waals surface area contributed by atoms with Crippen LogP contribution in [-0.4, -0.2) is 74.6 Å². The van der Waals surface area contributed by atoms with Gasteiger partial charge in [-0.2, -0.15) is 0 Å². The topological polar surface area (TPSA) is 154 Å². The summed E-state index contributed by atoms with van der Waals surface area (Å²) in [6, 6.07) is 0. The van der Waals surface area contributed by atoms with E-state index in [1.54, 1.807) is 0 Å². The number of hydrogen-bond acceptors (Lipinski definition) is 8. The van der Waals surface area contributed by atoms with Crippen molar-refractivity contribution in [3.63, 3.8) is 0 Å². The average molecular weight is 418 g/mol. The van der Waals surface area contributed by atoms with Gasteiger partial charge in [-0.25, -0.2) is 0 Å². The molecular weight excluding hydrogens is 384 g/mol. The standard InChI is InChI=1S/C20H34O9/c1-2-28-20(27)13(10-8-6-4-3-5-7-9-11-15(22)23)19-18(26)17(25)16(24)14(12-21)29-19/h2,13-14,16-19,21,24-26H,1,3-12H2,(H,22,23)/t13?,14-,16-,17+,18-,19?/m1/s1. The van der Waals surface area contributed by atoms with Crippen LogP contribution in [0, 0.1) is 5.92 Å². The van der Waals surface area contributed by atoms with E-state index in [9.17, 15) is 30.0 Å². The van der Waals surface area contributed by atoms with Gasteiger partial charge in [-0.15, -0.1) is 0 Å². The van der Waals surface area contributed by atoms with E-state index in [0.717, 1.165) is 38.4 Å². The van der Waals surface area contributed by atoms with Crippen molar-refractivity contribution in [1.82, 2.24) is 0 Å². The van der Waals surface area contributed by atoms with Crippen LogP contribution < -0.4 is 0 Å². The molecule has 6 atom stereocenters. The van der Waals surface area contributed by atoms with E-state index in [4.69, 9.17) is 14.6 Å².